The van der Waals surface area contributed by atoms with Crippen LogP contribution in [-0.2, 0) is 10.4 Å². The maximum atomic E-state index is 15.3. The molecule has 2 fully saturated rings. The van der Waals surface area contributed by atoms with E-state index in [2.05, 4.69) is 5.10 Å². The topological polar surface area (TPSA) is 64.4 Å². The molecule has 0 atom stereocenters. The molecule has 3 aromatic rings. The molecule has 166 valence electrons. The summed E-state index contributed by atoms with van der Waals surface area (Å²) in [4.78, 5) is 28.2. The number of rotatable bonds is 4. The van der Waals surface area contributed by atoms with E-state index in [1.807, 2.05) is 22.6 Å². The number of amides is 1. The van der Waals surface area contributed by atoms with E-state index in [1.54, 1.807) is 48.4 Å². The van der Waals surface area contributed by atoms with Crippen molar-refractivity contribution in [2.24, 2.45) is 0 Å². The van der Waals surface area contributed by atoms with Crippen molar-refractivity contribution < 1.29 is 18.7 Å². The first-order chi connectivity index (χ1) is 15.3. The van der Waals surface area contributed by atoms with Gasteiger partial charge in [-0.2, -0.15) is 9.78 Å². The third-order valence-electron chi connectivity index (χ3n) is 6.40. The molecule has 0 unspecified atom stereocenters. The SMILES string of the molecule is COC1CN(C(=O)c2ccc3c(I)nn(C(=O)c4c(Cl)cccc4C4(F)CCC4)c3c2)C1. The summed E-state index contributed by atoms with van der Waals surface area (Å²) in [5, 5.41) is 5.33. The fourth-order valence-electron chi connectivity index (χ4n) is 4.28. The molecule has 2 aromatic carbocycles. The average molecular weight is 568 g/mol. The summed E-state index contributed by atoms with van der Waals surface area (Å²) in [5.41, 5.74) is -0.181. The van der Waals surface area contributed by atoms with Gasteiger partial charge in [0, 0.05) is 36.7 Å². The zero-order valence-electron chi connectivity index (χ0n) is 17.3. The van der Waals surface area contributed by atoms with E-state index in [0.717, 1.165) is 11.8 Å². The number of carbonyl (C=O) groups excluding carboxylic acids is 2. The second-order valence-corrected chi connectivity index (χ2v) is 9.72. The molecule has 1 aliphatic heterocycles. The van der Waals surface area contributed by atoms with Crippen molar-refractivity contribution in [2.75, 3.05) is 20.2 Å². The quantitative estimate of drug-likeness (QED) is 0.425. The van der Waals surface area contributed by atoms with Gasteiger partial charge in [-0.05, 0) is 66.1 Å². The molecule has 2 aliphatic rings. The fraction of sp³-hybridized carbons (Fsp3) is 0.348. The molecule has 0 radical (unpaired) electrons. The van der Waals surface area contributed by atoms with E-state index >= 15 is 4.39 Å². The Bertz CT molecular complexity index is 1250. The van der Waals surface area contributed by atoms with Gasteiger partial charge < -0.3 is 9.64 Å². The van der Waals surface area contributed by atoms with Crippen molar-refractivity contribution in [1.29, 1.82) is 0 Å². The molecule has 6 nitrogen and oxygen atoms in total. The minimum atomic E-state index is -1.55. The van der Waals surface area contributed by atoms with Gasteiger partial charge in [-0.1, -0.05) is 23.7 Å². The Kier molecular flexibility index (Phi) is 5.50. The predicted molar refractivity (Wildman–Crippen MR) is 127 cm³/mol. The number of nitrogens with zero attached hydrogens (tertiary/aromatic N) is 3. The van der Waals surface area contributed by atoms with Gasteiger partial charge in [-0.25, -0.2) is 4.39 Å². The van der Waals surface area contributed by atoms with Gasteiger partial charge in [0.25, 0.3) is 11.8 Å². The minimum absolute atomic E-state index is 0.0499. The van der Waals surface area contributed by atoms with Gasteiger partial charge in [-0.15, -0.1) is 0 Å². The zero-order valence-corrected chi connectivity index (χ0v) is 20.2. The Morgan fingerprint density at radius 3 is 2.62 bits per heavy atom. The number of alkyl halides is 1. The highest BCUT2D eigenvalue weighted by Crippen LogP contribution is 2.47. The second-order valence-electron chi connectivity index (χ2n) is 8.29. The smallest absolute Gasteiger partial charge is 0.280 e. The molecule has 1 amide bonds. The van der Waals surface area contributed by atoms with Crippen molar-refractivity contribution in [1.82, 2.24) is 14.7 Å². The molecule has 1 saturated carbocycles. The lowest BCUT2D eigenvalue weighted by Crippen LogP contribution is -2.54. The van der Waals surface area contributed by atoms with Crippen LogP contribution in [0.5, 0.6) is 0 Å². The number of methoxy groups -OCH3 is 1. The Hall–Kier alpha value is -2.04. The first kappa shape index (κ1) is 21.8. The Labute approximate surface area is 202 Å². The molecule has 2 heterocycles. The van der Waals surface area contributed by atoms with Crippen molar-refractivity contribution in [3.05, 3.63) is 61.8 Å². The summed E-state index contributed by atoms with van der Waals surface area (Å²) >= 11 is 8.44. The van der Waals surface area contributed by atoms with Gasteiger partial charge >= 0.3 is 0 Å². The summed E-state index contributed by atoms with van der Waals surface area (Å²) in [7, 11) is 1.62. The summed E-state index contributed by atoms with van der Waals surface area (Å²) < 4.78 is 22.4. The van der Waals surface area contributed by atoms with Crippen molar-refractivity contribution in [3.8, 4) is 0 Å². The molecule has 32 heavy (non-hydrogen) atoms. The molecule has 0 bridgehead atoms. The Morgan fingerprint density at radius 2 is 1.97 bits per heavy atom. The molecule has 9 heteroatoms. The van der Waals surface area contributed by atoms with Crippen molar-refractivity contribution in [3.63, 3.8) is 0 Å². The lowest BCUT2D eigenvalue weighted by Gasteiger charge is -2.38. The molecule has 1 aliphatic carbocycles. The van der Waals surface area contributed by atoms with Crippen molar-refractivity contribution in [2.45, 2.75) is 31.0 Å². The van der Waals surface area contributed by atoms with E-state index in [1.165, 1.54) is 4.68 Å². The number of aromatic nitrogens is 2. The summed E-state index contributed by atoms with van der Waals surface area (Å²) in [6, 6.07) is 10.0. The number of benzene rings is 2. The molecule has 1 saturated heterocycles. The number of halogens is 3. The van der Waals surface area contributed by atoms with Crippen LogP contribution in [0.1, 0.15) is 45.5 Å². The maximum absolute atomic E-state index is 15.3. The molecule has 0 N–H and O–H groups in total. The lowest BCUT2D eigenvalue weighted by atomic mass is 9.75. The van der Waals surface area contributed by atoms with Crippen LogP contribution in [0.3, 0.4) is 0 Å². The number of likely N-dealkylation sites (tertiary alicyclic amines) is 1. The van der Waals surface area contributed by atoms with E-state index in [0.29, 0.717) is 46.3 Å². The van der Waals surface area contributed by atoms with E-state index in [-0.39, 0.29) is 22.6 Å². The van der Waals surface area contributed by atoms with Crippen LogP contribution in [0.4, 0.5) is 4.39 Å². The van der Waals surface area contributed by atoms with Crippen LogP contribution in [0, 0.1) is 3.70 Å². The summed E-state index contributed by atoms with van der Waals surface area (Å²) in [5.74, 6) is -0.638. The van der Waals surface area contributed by atoms with Crippen LogP contribution in [0.2, 0.25) is 5.02 Å². The molecular weight excluding hydrogens is 548 g/mol. The van der Waals surface area contributed by atoms with Crippen LogP contribution in [0.15, 0.2) is 36.4 Å². The number of ether oxygens (including phenoxy) is 1. The highest BCUT2D eigenvalue weighted by molar-refractivity contribution is 14.1. The Morgan fingerprint density at radius 1 is 1.22 bits per heavy atom. The first-order valence-corrected chi connectivity index (χ1v) is 11.8. The molecular formula is C23H20ClFIN3O3. The standard InChI is InChI=1S/C23H20ClFIN3O3/c1-32-14-11-28(12-14)21(30)13-6-7-15-18(10-13)29(27-20(15)26)22(31)19-16(4-2-5-17(19)24)23(25)8-3-9-23/h2,4-7,10,14H,3,8-9,11-12H2,1H3. The summed E-state index contributed by atoms with van der Waals surface area (Å²) in [6.45, 7) is 1.06. The lowest BCUT2D eigenvalue weighted by molar-refractivity contribution is -0.0191. The normalized spacial score (nSPS) is 17.8. The second kappa shape index (κ2) is 8.07. The molecule has 1 aromatic heterocycles. The van der Waals surface area contributed by atoms with Gasteiger partial charge in [0.15, 0.2) is 0 Å². The Balaban J connectivity index is 1.57. The first-order valence-electron chi connectivity index (χ1n) is 10.4. The van der Waals surface area contributed by atoms with Crippen molar-refractivity contribution >= 4 is 56.9 Å². The van der Waals surface area contributed by atoms with Gasteiger partial charge in [0.2, 0.25) is 0 Å². The highest BCUT2D eigenvalue weighted by Gasteiger charge is 2.42. The number of carbonyl (C=O) groups is 2. The fourth-order valence-corrected chi connectivity index (χ4v) is 5.20. The van der Waals surface area contributed by atoms with E-state index < -0.39 is 11.6 Å². The number of fused-ring (bicyclic) bond motifs is 1. The number of hydrogen-bond donors (Lipinski definition) is 0. The highest BCUT2D eigenvalue weighted by atomic mass is 127. The average Bonchev–Trinajstić information content (AvgIpc) is 3.06. The molecule has 0 spiro atoms. The van der Waals surface area contributed by atoms with E-state index in [4.69, 9.17) is 16.3 Å². The van der Waals surface area contributed by atoms with Gasteiger partial charge in [0.1, 0.15) is 9.37 Å². The van der Waals surface area contributed by atoms with Gasteiger partial charge in [-0.3, -0.25) is 9.59 Å². The van der Waals surface area contributed by atoms with Crippen LogP contribution in [-0.4, -0.2) is 52.8 Å². The van der Waals surface area contributed by atoms with Crippen LogP contribution in [0.25, 0.3) is 10.9 Å². The zero-order chi connectivity index (χ0) is 22.6. The van der Waals surface area contributed by atoms with Crippen LogP contribution < -0.4 is 0 Å². The maximum Gasteiger partial charge on any atom is 0.280 e. The minimum Gasteiger partial charge on any atom is -0.378 e. The monoisotopic (exact) mass is 567 g/mol. The molecule has 5 rings (SSSR count). The number of hydrogen-bond acceptors (Lipinski definition) is 4. The largest absolute Gasteiger partial charge is 0.378 e. The van der Waals surface area contributed by atoms with Crippen LogP contribution >= 0.6 is 34.2 Å². The van der Waals surface area contributed by atoms with E-state index in [9.17, 15) is 9.59 Å². The summed E-state index contributed by atoms with van der Waals surface area (Å²) in [6.07, 6.45) is 1.55. The third kappa shape index (κ3) is 3.43. The predicted octanol–water partition coefficient (Wildman–Crippen LogP) is 4.80. The van der Waals surface area contributed by atoms with Gasteiger partial charge in [0.05, 0.1) is 22.2 Å². The third-order valence-corrected chi connectivity index (χ3v) is 7.51.